The van der Waals surface area contributed by atoms with Crippen molar-refractivity contribution < 1.29 is 13.2 Å². The summed E-state index contributed by atoms with van der Waals surface area (Å²) in [4.78, 5) is 17.5. The quantitative estimate of drug-likeness (QED) is 0.889. The third-order valence-electron chi connectivity index (χ3n) is 3.55. The molecule has 0 spiro atoms. The second-order valence-electron chi connectivity index (χ2n) is 4.99. The van der Waals surface area contributed by atoms with Gasteiger partial charge in [0, 0.05) is 37.3 Å². The Hall–Kier alpha value is -1.77. The number of anilines is 1. The molecule has 22 heavy (non-hydrogen) atoms. The number of thiazole rings is 1. The summed E-state index contributed by atoms with van der Waals surface area (Å²) in [5.41, 5.74) is 1.52. The number of benzene rings is 1. The van der Waals surface area contributed by atoms with Crippen molar-refractivity contribution in [2.45, 2.75) is 17.7 Å². The van der Waals surface area contributed by atoms with Gasteiger partial charge in [-0.25, -0.2) is 18.1 Å². The highest BCUT2D eigenvalue weighted by Gasteiger charge is 2.26. The van der Waals surface area contributed by atoms with Gasteiger partial charge in [-0.3, -0.25) is 4.79 Å². The maximum absolute atomic E-state index is 12.3. The van der Waals surface area contributed by atoms with Crippen LogP contribution >= 0.6 is 11.3 Å². The molecular weight excluding hydrogens is 322 g/mol. The van der Waals surface area contributed by atoms with Gasteiger partial charge < -0.3 is 4.90 Å². The van der Waals surface area contributed by atoms with Crippen molar-refractivity contribution in [3.63, 3.8) is 0 Å². The number of sulfonamides is 1. The number of hydrogen-bond donors (Lipinski definition) is 1. The minimum Gasteiger partial charge on any atom is -0.315 e. The summed E-state index contributed by atoms with van der Waals surface area (Å²) < 4.78 is 27.2. The van der Waals surface area contributed by atoms with Gasteiger partial charge in [-0.15, -0.1) is 11.3 Å². The molecule has 1 N–H and O–H groups in total. The second-order valence-corrected chi connectivity index (χ2v) is 7.74. The van der Waals surface area contributed by atoms with Gasteiger partial charge in [-0.2, -0.15) is 0 Å². The summed E-state index contributed by atoms with van der Waals surface area (Å²) in [6.07, 6.45) is 2.50. The van der Waals surface area contributed by atoms with Crippen molar-refractivity contribution in [1.82, 2.24) is 9.71 Å². The van der Waals surface area contributed by atoms with Gasteiger partial charge in [0.1, 0.15) is 0 Å². The molecule has 0 aliphatic carbocycles. The fourth-order valence-electron chi connectivity index (χ4n) is 2.37. The van der Waals surface area contributed by atoms with Gasteiger partial charge in [-0.1, -0.05) is 0 Å². The van der Waals surface area contributed by atoms with Crippen LogP contribution in [0.3, 0.4) is 0 Å². The molecule has 3 rings (SSSR count). The van der Waals surface area contributed by atoms with Gasteiger partial charge >= 0.3 is 0 Å². The number of carbonyl (C=O) groups excluding carboxylic acids is 1. The fraction of sp³-hybridized carbons (Fsp3) is 0.286. The first-order chi connectivity index (χ1) is 10.5. The van der Waals surface area contributed by atoms with Crippen LogP contribution in [0.2, 0.25) is 0 Å². The molecule has 116 valence electrons. The van der Waals surface area contributed by atoms with E-state index >= 15 is 0 Å². The third-order valence-corrected chi connectivity index (χ3v) is 5.85. The average molecular weight is 337 g/mol. The van der Waals surface area contributed by atoms with E-state index in [4.69, 9.17) is 0 Å². The van der Waals surface area contributed by atoms with Crippen LogP contribution in [0.15, 0.2) is 34.7 Å². The molecule has 0 atom stereocenters. The Morgan fingerprint density at radius 3 is 2.95 bits per heavy atom. The van der Waals surface area contributed by atoms with E-state index in [1.54, 1.807) is 30.3 Å². The van der Waals surface area contributed by atoms with Crippen molar-refractivity contribution in [2.75, 3.05) is 18.5 Å². The van der Waals surface area contributed by atoms with Gasteiger partial charge in [-0.05, 0) is 23.8 Å². The van der Waals surface area contributed by atoms with Crippen molar-refractivity contribution in [2.24, 2.45) is 0 Å². The van der Waals surface area contributed by atoms with Crippen LogP contribution in [0.5, 0.6) is 0 Å². The average Bonchev–Trinajstić information content (AvgIpc) is 3.08. The molecule has 0 radical (unpaired) electrons. The number of fused-ring (bicyclic) bond motifs is 1. The van der Waals surface area contributed by atoms with Gasteiger partial charge in [0.15, 0.2) is 0 Å². The van der Waals surface area contributed by atoms with Crippen LogP contribution in [0.25, 0.3) is 0 Å². The predicted octanol–water partition coefficient (Wildman–Crippen LogP) is 1.18. The Bertz CT molecular complexity index is 801. The lowest BCUT2D eigenvalue weighted by molar-refractivity contribution is -0.117. The highest BCUT2D eigenvalue weighted by Crippen LogP contribution is 2.29. The molecule has 6 nitrogen and oxygen atoms in total. The van der Waals surface area contributed by atoms with Crippen molar-refractivity contribution in [3.05, 3.63) is 40.3 Å². The normalized spacial score (nSPS) is 14.4. The predicted molar refractivity (Wildman–Crippen MR) is 84.6 cm³/mol. The molecule has 1 aromatic heterocycles. The second kappa shape index (κ2) is 5.79. The number of likely N-dealkylation sites (N-methyl/N-ethyl adjacent to an activating group) is 1. The Morgan fingerprint density at radius 2 is 2.23 bits per heavy atom. The van der Waals surface area contributed by atoms with E-state index in [0.717, 1.165) is 16.3 Å². The van der Waals surface area contributed by atoms with Crippen LogP contribution < -0.4 is 9.62 Å². The summed E-state index contributed by atoms with van der Waals surface area (Å²) in [6.45, 7) is 0.297. The summed E-state index contributed by atoms with van der Waals surface area (Å²) >= 11 is 1.50. The molecule has 0 unspecified atom stereocenters. The number of aromatic nitrogens is 1. The van der Waals surface area contributed by atoms with E-state index in [0.29, 0.717) is 13.0 Å². The largest absolute Gasteiger partial charge is 0.315 e. The zero-order chi connectivity index (χ0) is 15.7. The zero-order valence-corrected chi connectivity index (χ0v) is 13.6. The summed E-state index contributed by atoms with van der Waals surface area (Å²) in [6, 6.07) is 4.78. The van der Waals surface area contributed by atoms with Crippen LogP contribution in [-0.2, 0) is 27.7 Å². The standard InChI is InChI=1S/C14H15N3O3S2/c1-17-12-3-2-11(8-10(12)9-14(17)18)22(19,20)16-5-4-13-15-6-7-21-13/h2-3,6-8,16H,4-5,9H2,1H3. The zero-order valence-electron chi connectivity index (χ0n) is 11.9. The molecule has 0 saturated heterocycles. The lowest BCUT2D eigenvalue weighted by Crippen LogP contribution is -2.26. The minimum absolute atomic E-state index is 0.0266. The topological polar surface area (TPSA) is 79.4 Å². The molecule has 1 amide bonds. The maximum atomic E-state index is 12.3. The van der Waals surface area contributed by atoms with E-state index in [2.05, 4.69) is 9.71 Å². The highest BCUT2D eigenvalue weighted by atomic mass is 32.2. The summed E-state index contributed by atoms with van der Waals surface area (Å²) in [5.74, 6) is -0.0266. The Balaban J connectivity index is 1.73. The monoisotopic (exact) mass is 337 g/mol. The SMILES string of the molecule is CN1C(=O)Cc2cc(S(=O)(=O)NCCc3nccs3)ccc21. The van der Waals surface area contributed by atoms with Crippen LogP contribution in [0.1, 0.15) is 10.6 Å². The number of rotatable bonds is 5. The number of hydrogen-bond acceptors (Lipinski definition) is 5. The fourth-order valence-corrected chi connectivity index (χ4v) is 4.07. The van der Waals surface area contributed by atoms with Gasteiger partial charge in [0.05, 0.1) is 16.3 Å². The van der Waals surface area contributed by atoms with E-state index in [1.807, 2.05) is 5.38 Å². The van der Waals surface area contributed by atoms with E-state index < -0.39 is 10.0 Å². The van der Waals surface area contributed by atoms with Crippen molar-refractivity contribution in [3.8, 4) is 0 Å². The first kappa shape index (κ1) is 15.1. The summed E-state index contributed by atoms with van der Waals surface area (Å²) in [5, 5.41) is 2.75. The van der Waals surface area contributed by atoms with Gasteiger partial charge in [0.25, 0.3) is 0 Å². The van der Waals surface area contributed by atoms with Crippen LogP contribution in [-0.4, -0.2) is 32.9 Å². The Labute approximate surface area is 132 Å². The van der Waals surface area contributed by atoms with Crippen LogP contribution in [0.4, 0.5) is 5.69 Å². The van der Waals surface area contributed by atoms with Crippen LogP contribution in [0, 0.1) is 0 Å². The Kier molecular flexibility index (Phi) is 3.98. The molecule has 1 aliphatic heterocycles. The molecule has 0 saturated carbocycles. The van der Waals surface area contributed by atoms with Gasteiger partial charge in [0.2, 0.25) is 15.9 Å². The first-order valence-electron chi connectivity index (χ1n) is 6.75. The minimum atomic E-state index is -3.57. The molecule has 0 fully saturated rings. The number of nitrogens with zero attached hydrogens (tertiary/aromatic N) is 2. The van der Waals surface area contributed by atoms with Crippen molar-refractivity contribution in [1.29, 1.82) is 0 Å². The maximum Gasteiger partial charge on any atom is 0.240 e. The molecule has 2 aromatic rings. The van der Waals surface area contributed by atoms with E-state index in [-0.39, 0.29) is 17.2 Å². The molecule has 1 aromatic carbocycles. The molecule has 8 heteroatoms. The Morgan fingerprint density at radius 1 is 1.41 bits per heavy atom. The third kappa shape index (κ3) is 2.90. The molecule has 0 bridgehead atoms. The lowest BCUT2D eigenvalue weighted by atomic mass is 10.2. The molecule has 1 aliphatic rings. The number of nitrogens with one attached hydrogen (secondary N) is 1. The highest BCUT2D eigenvalue weighted by molar-refractivity contribution is 7.89. The number of amides is 1. The summed E-state index contributed by atoms with van der Waals surface area (Å²) in [7, 11) is -1.88. The van der Waals surface area contributed by atoms with Crippen molar-refractivity contribution >= 4 is 33.0 Å². The molecule has 2 heterocycles. The smallest absolute Gasteiger partial charge is 0.240 e. The number of carbonyl (C=O) groups is 1. The van der Waals surface area contributed by atoms with E-state index in [9.17, 15) is 13.2 Å². The van der Waals surface area contributed by atoms with E-state index in [1.165, 1.54) is 17.4 Å². The first-order valence-corrected chi connectivity index (χ1v) is 9.11. The molecular formula is C14H15N3O3S2. The lowest BCUT2D eigenvalue weighted by Gasteiger charge is -2.11.